The lowest BCUT2D eigenvalue weighted by atomic mass is 9.86. The highest BCUT2D eigenvalue weighted by Gasteiger charge is 2.36. The van der Waals surface area contributed by atoms with E-state index in [0.717, 1.165) is 12.0 Å². The molecular weight excluding hydrogens is 177 g/mol. The van der Waals surface area contributed by atoms with Crippen LogP contribution in [0.15, 0.2) is 18.2 Å². The van der Waals surface area contributed by atoms with Crippen molar-refractivity contribution in [2.75, 3.05) is 6.54 Å². The first-order chi connectivity index (χ1) is 6.54. The molecule has 2 N–H and O–H groups in total. The molecule has 0 saturated carbocycles. The molecule has 0 radical (unpaired) electrons. The first-order valence-electron chi connectivity index (χ1n) is 5.04. The zero-order valence-corrected chi connectivity index (χ0v) is 8.68. The van der Waals surface area contributed by atoms with Crippen molar-refractivity contribution < 1.29 is 4.39 Å². The Labute approximate surface area is 84.1 Å². The van der Waals surface area contributed by atoms with E-state index in [-0.39, 0.29) is 11.2 Å². The van der Waals surface area contributed by atoms with Crippen LogP contribution in [-0.2, 0) is 5.41 Å². The normalized spacial score (nSPS) is 23.6. The summed E-state index contributed by atoms with van der Waals surface area (Å²) < 4.78 is 13.1. The van der Waals surface area contributed by atoms with Gasteiger partial charge in [-0.2, -0.15) is 0 Å². The van der Waals surface area contributed by atoms with Crippen LogP contribution in [0, 0.1) is 5.82 Å². The summed E-state index contributed by atoms with van der Waals surface area (Å²) in [5.74, 6) is 0.259. The average molecular weight is 193 g/mol. The molecule has 1 aliphatic carbocycles. The number of benzene rings is 1. The van der Waals surface area contributed by atoms with Crippen molar-refractivity contribution in [3.05, 3.63) is 35.1 Å². The zero-order valence-electron chi connectivity index (χ0n) is 8.68. The molecule has 0 amide bonds. The van der Waals surface area contributed by atoms with Gasteiger partial charge in [-0.15, -0.1) is 0 Å². The number of rotatable bonds is 1. The van der Waals surface area contributed by atoms with Gasteiger partial charge in [0.2, 0.25) is 0 Å². The molecule has 0 aromatic heterocycles. The Morgan fingerprint density at radius 3 is 2.86 bits per heavy atom. The fraction of sp³-hybridized carbons (Fsp3) is 0.500. The van der Waals surface area contributed by atoms with Crippen LogP contribution in [0.25, 0.3) is 0 Å². The Bertz CT molecular complexity index is 357. The molecule has 14 heavy (non-hydrogen) atoms. The second kappa shape index (κ2) is 3.06. The summed E-state index contributed by atoms with van der Waals surface area (Å²) in [6.45, 7) is 4.96. The fourth-order valence-corrected chi connectivity index (χ4v) is 2.52. The molecule has 0 heterocycles. The predicted octanol–water partition coefficient (Wildman–Crippen LogP) is 2.55. The molecule has 2 heteroatoms. The van der Waals surface area contributed by atoms with Crippen molar-refractivity contribution in [2.45, 2.75) is 31.6 Å². The molecule has 0 saturated heterocycles. The van der Waals surface area contributed by atoms with Gasteiger partial charge in [-0.05, 0) is 47.6 Å². The lowest BCUT2D eigenvalue weighted by Crippen LogP contribution is -2.15. The second-order valence-electron chi connectivity index (χ2n) is 4.75. The minimum Gasteiger partial charge on any atom is -0.330 e. The van der Waals surface area contributed by atoms with Crippen molar-refractivity contribution in [2.24, 2.45) is 5.73 Å². The summed E-state index contributed by atoms with van der Waals surface area (Å²) in [6.07, 6.45) is 1.03. The lowest BCUT2D eigenvalue weighted by Gasteiger charge is -2.18. The molecule has 1 atom stereocenters. The molecule has 1 nitrogen and oxygen atoms in total. The molecule has 1 aliphatic rings. The third-order valence-corrected chi connectivity index (χ3v) is 3.23. The predicted molar refractivity (Wildman–Crippen MR) is 55.8 cm³/mol. The molecule has 0 fully saturated rings. The van der Waals surface area contributed by atoms with Crippen molar-refractivity contribution in [3.8, 4) is 0 Å². The van der Waals surface area contributed by atoms with Gasteiger partial charge < -0.3 is 5.73 Å². The molecule has 1 unspecified atom stereocenters. The number of halogens is 1. The third kappa shape index (κ3) is 1.34. The van der Waals surface area contributed by atoms with Crippen LogP contribution in [0.3, 0.4) is 0 Å². The monoisotopic (exact) mass is 193 g/mol. The standard InChI is InChI=1S/C12H16FN/c1-12(2)6-8(7-14)10-4-3-9(13)5-11(10)12/h3-5,8H,6-7,14H2,1-2H3. The molecular formula is C12H16FN. The largest absolute Gasteiger partial charge is 0.330 e. The Morgan fingerprint density at radius 2 is 2.21 bits per heavy atom. The Balaban J connectivity index is 2.54. The van der Waals surface area contributed by atoms with E-state index in [0.29, 0.717) is 12.5 Å². The summed E-state index contributed by atoms with van der Waals surface area (Å²) in [4.78, 5) is 0. The zero-order chi connectivity index (χ0) is 10.3. The van der Waals surface area contributed by atoms with Gasteiger partial charge in [0.25, 0.3) is 0 Å². The van der Waals surface area contributed by atoms with Crippen LogP contribution in [-0.4, -0.2) is 6.54 Å². The maximum absolute atomic E-state index is 13.1. The van der Waals surface area contributed by atoms with Crippen LogP contribution in [0.5, 0.6) is 0 Å². The summed E-state index contributed by atoms with van der Waals surface area (Å²) in [5, 5.41) is 0. The van der Waals surface area contributed by atoms with Gasteiger partial charge >= 0.3 is 0 Å². The van der Waals surface area contributed by atoms with Crippen molar-refractivity contribution in [3.63, 3.8) is 0 Å². The van der Waals surface area contributed by atoms with Gasteiger partial charge in [0.05, 0.1) is 0 Å². The van der Waals surface area contributed by atoms with Crippen molar-refractivity contribution >= 4 is 0 Å². The van der Waals surface area contributed by atoms with E-state index in [9.17, 15) is 4.39 Å². The smallest absolute Gasteiger partial charge is 0.123 e. The van der Waals surface area contributed by atoms with E-state index in [1.807, 2.05) is 6.07 Å². The highest BCUT2D eigenvalue weighted by Crippen LogP contribution is 2.45. The van der Waals surface area contributed by atoms with Crippen LogP contribution in [0.2, 0.25) is 0 Å². The number of nitrogens with two attached hydrogens (primary N) is 1. The van der Waals surface area contributed by atoms with E-state index in [1.165, 1.54) is 11.6 Å². The summed E-state index contributed by atoms with van der Waals surface area (Å²) >= 11 is 0. The Kier molecular flexibility index (Phi) is 2.11. The molecule has 1 aromatic carbocycles. The van der Waals surface area contributed by atoms with E-state index >= 15 is 0 Å². The van der Waals surface area contributed by atoms with E-state index in [1.54, 1.807) is 6.07 Å². The van der Waals surface area contributed by atoms with E-state index in [4.69, 9.17) is 5.73 Å². The quantitative estimate of drug-likeness (QED) is 0.728. The molecule has 2 rings (SSSR count). The highest BCUT2D eigenvalue weighted by atomic mass is 19.1. The highest BCUT2D eigenvalue weighted by molar-refractivity contribution is 5.42. The molecule has 76 valence electrons. The average Bonchev–Trinajstić information content (AvgIpc) is 2.38. The lowest BCUT2D eigenvalue weighted by molar-refractivity contribution is 0.476. The number of hydrogen-bond donors (Lipinski definition) is 1. The van der Waals surface area contributed by atoms with E-state index < -0.39 is 0 Å². The van der Waals surface area contributed by atoms with Gasteiger partial charge in [0.1, 0.15) is 5.82 Å². The van der Waals surface area contributed by atoms with Crippen LogP contribution < -0.4 is 5.73 Å². The maximum atomic E-state index is 13.1. The molecule has 0 bridgehead atoms. The van der Waals surface area contributed by atoms with Crippen LogP contribution in [0.4, 0.5) is 4.39 Å². The third-order valence-electron chi connectivity index (χ3n) is 3.23. The minimum absolute atomic E-state index is 0.0709. The van der Waals surface area contributed by atoms with Gasteiger partial charge in [-0.25, -0.2) is 4.39 Å². The summed E-state index contributed by atoms with van der Waals surface area (Å²) in [6, 6.07) is 5.07. The van der Waals surface area contributed by atoms with Crippen LogP contribution in [0.1, 0.15) is 37.3 Å². The minimum atomic E-state index is -0.144. The Hall–Kier alpha value is -0.890. The summed E-state index contributed by atoms with van der Waals surface area (Å²) in [5.41, 5.74) is 8.15. The van der Waals surface area contributed by atoms with Gasteiger partial charge in [0.15, 0.2) is 0 Å². The summed E-state index contributed by atoms with van der Waals surface area (Å²) in [7, 11) is 0. The molecule has 0 spiro atoms. The SMILES string of the molecule is CC1(C)CC(CN)c2ccc(F)cc21. The number of fused-ring (bicyclic) bond motifs is 1. The fourth-order valence-electron chi connectivity index (χ4n) is 2.52. The first kappa shape index (κ1) is 9.66. The number of hydrogen-bond acceptors (Lipinski definition) is 1. The topological polar surface area (TPSA) is 26.0 Å². The molecule has 0 aliphatic heterocycles. The molecule has 1 aromatic rings. The van der Waals surface area contributed by atoms with E-state index in [2.05, 4.69) is 13.8 Å². The van der Waals surface area contributed by atoms with Gasteiger partial charge in [-0.1, -0.05) is 19.9 Å². The van der Waals surface area contributed by atoms with Gasteiger partial charge in [-0.3, -0.25) is 0 Å². The van der Waals surface area contributed by atoms with Crippen molar-refractivity contribution in [1.82, 2.24) is 0 Å². The first-order valence-corrected chi connectivity index (χ1v) is 5.04. The Morgan fingerprint density at radius 1 is 1.50 bits per heavy atom. The van der Waals surface area contributed by atoms with Crippen LogP contribution >= 0.6 is 0 Å². The maximum Gasteiger partial charge on any atom is 0.123 e. The van der Waals surface area contributed by atoms with Gasteiger partial charge in [0, 0.05) is 0 Å². The second-order valence-corrected chi connectivity index (χ2v) is 4.75. The van der Waals surface area contributed by atoms with Crippen molar-refractivity contribution in [1.29, 1.82) is 0 Å².